The molecule has 1 saturated heterocycles. The molecule has 0 unspecified atom stereocenters. The van der Waals surface area contributed by atoms with E-state index in [0.29, 0.717) is 29.5 Å². The molecule has 1 aromatic carbocycles. The number of H-pyrrole nitrogens is 1. The number of fused-ring (bicyclic) bond motifs is 1. The van der Waals surface area contributed by atoms with Gasteiger partial charge in [-0.2, -0.15) is 0 Å². The number of aryl methyl sites for hydroxylation is 2. The number of nitrogens with zero attached hydrogens (tertiary/aromatic N) is 2. The number of nitrogens with one attached hydrogen (secondary N) is 3. The molecule has 4 rings (SSSR count). The minimum Gasteiger partial charge on any atom is -0.404 e. The van der Waals surface area contributed by atoms with E-state index in [-0.39, 0.29) is 5.56 Å². The third-order valence-electron chi connectivity index (χ3n) is 6.73. The smallest absolute Gasteiger partial charge is 0.253 e. The number of anilines is 2. The van der Waals surface area contributed by atoms with Crippen LogP contribution in [0.2, 0.25) is 0 Å². The number of benzene rings is 1. The van der Waals surface area contributed by atoms with Crippen LogP contribution in [0.5, 0.6) is 0 Å². The zero-order valence-electron chi connectivity index (χ0n) is 20.6. The topological polar surface area (TPSA) is 120 Å². The average Bonchev–Trinajstić information content (AvgIpc) is 2.85. The van der Waals surface area contributed by atoms with Crippen molar-refractivity contribution < 1.29 is 4.74 Å². The molecule has 8 heteroatoms. The van der Waals surface area contributed by atoms with Gasteiger partial charge in [-0.15, -0.1) is 0 Å². The van der Waals surface area contributed by atoms with Crippen molar-refractivity contribution in [2.45, 2.75) is 46.2 Å². The average molecular weight is 475 g/mol. The lowest BCUT2D eigenvalue weighted by Crippen LogP contribution is -2.39. The van der Waals surface area contributed by atoms with Gasteiger partial charge in [0.25, 0.3) is 5.56 Å². The fraction of sp³-hybridized carbons (Fsp3) is 0.370. The van der Waals surface area contributed by atoms with Crippen molar-refractivity contribution in [2.75, 3.05) is 30.0 Å². The molecule has 1 aliphatic rings. The summed E-state index contributed by atoms with van der Waals surface area (Å²) in [7, 11) is 0. The molecule has 1 aliphatic heterocycles. The van der Waals surface area contributed by atoms with Gasteiger partial charge in [-0.1, -0.05) is 0 Å². The standard InChI is InChI=1S/C27H34N6O2/c1-4-33(21-6-9-35-10-7-21)25-13-19(20(14-28)15-29)12-23-22(25)5-8-30-26(23)31-16-24-17(2)11-18(3)32-27(24)34/h5,8,11-15,21,28H,4,6-7,9-10,16,29H2,1-3H3,(H,30,31)(H,32,34)/b20-15+,28-14?. The molecular formula is C27H34N6O2. The largest absolute Gasteiger partial charge is 0.404 e. The first kappa shape index (κ1) is 24.5. The summed E-state index contributed by atoms with van der Waals surface area (Å²) in [6.45, 7) is 8.70. The number of hydrogen-bond donors (Lipinski definition) is 4. The molecule has 8 nitrogen and oxygen atoms in total. The minimum atomic E-state index is -0.0922. The van der Waals surface area contributed by atoms with E-state index in [9.17, 15) is 4.79 Å². The molecule has 35 heavy (non-hydrogen) atoms. The number of allylic oxidation sites excluding steroid dienone is 1. The molecule has 184 valence electrons. The number of pyridine rings is 2. The van der Waals surface area contributed by atoms with E-state index in [1.54, 1.807) is 6.20 Å². The van der Waals surface area contributed by atoms with Gasteiger partial charge in [-0.3, -0.25) is 4.79 Å². The van der Waals surface area contributed by atoms with Crippen LogP contribution in [0, 0.1) is 19.3 Å². The lowest BCUT2D eigenvalue weighted by molar-refractivity contribution is 0.0847. The minimum absolute atomic E-state index is 0.0922. The second kappa shape index (κ2) is 10.7. The molecule has 0 aliphatic carbocycles. The van der Waals surface area contributed by atoms with Crippen LogP contribution >= 0.6 is 0 Å². The van der Waals surface area contributed by atoms with Crippen molar-refractivity contribution >= 4 is 34.1 Å². The number of ether oxygens (including phenoxy) is 1. The molecule has 1 fully saturated rings. The van der Waals surface area contributed by atoms with Crippen molar-refractivity contribution in [1.29, 1.82) is 5.41 Å². The Bertz CT molecular complexity index is 1310. The molecular weight excluding hydrogens is 440 g/mol. The Morgan fingerprint density at radius 3 is 2.71 bits per heavy atom. The van der Waals surface area contributed by atoms with Crippen molar-refractivity contribution in [3.63, 3.8) is 0 Å². The predicted octanol–water partition coefficient (Wildman–Crippen LogP) is 4.11. The third-order valence-corrected chi connectivity index (χ3v) is 6.73. The molecule has 3 aromatic rings. The molecule has 0 amide bonds. The van der Waals surface area contributed by atoms with Gasteiger partial charge in [0.1, 0.15) is 5.82 Å². The summed E-state index contributed by atoms with van der Waals surface area (Å²) in [4.78, 5) is 22.5. The van der Waals surface area contributed by atoms with Crippen LogP contribution in [-0.2, 0) is 11.3 Å². The molecule has 0 saturated carbocycles. The summed E-state index contributed by atoms with van der Waals surface area (Å²) in [6.07, 6.45) is 6.47. The predicted molar refractivity (Wildman–Crippen MR) is 143 cm³/mol. The second-order valence-corrected chi connectivity index (χ2v) is 8.94. The maximum absolute atomic E-state index is 12.5. The van der Waals surface area contributed by atoms with Crippen molar-refractivity contribution in [3.05, 3.63) is 69.4 Å². The first-order valence-electron chi connectivity index (χ1n) is 12.1. The molecule has 3 heterocycles. The summed E-state index contributed by atoms with van der Waals surface area (Å²) in [5, 5.41) is 13.2. The van der Waals surface area contributed by atoms with Gasteiger partial charge in [-0.25, -0.2) is 4.98 Å². The van der Waals surface area contributed by atoms with Gasteiger partial charge in [0.15, 0.2) is 0 Å². The zero-order valence-corrected chi connectivity index (χ0v) is 20.6. The monoisotopic (exact) mass is 474 g/mol. The molecule has 0 spiro atoms. The van der Waals surface area contributed by atoms with E-state index in [4.69, 9.17) is 15.9 Å². The second-order valence-electron chi connectivity index (χ2n) is 8.94. The fourth-order valence-corrected chi connectivity index (χ4v) is 4.93. The van der Waals surface area contributed by atoms with Gasteiger partial charge in [0, 0.05) is 84.2 Å². The van der Waals surface area contributed by atoms with Crippen LogP contribution in [0.3, 0.4) is 0 Å². The normalized spacial score (nSPS) is 14.8. The van der Waals surface area contributed by atoms with E-state index in [1.165, 1.54) is 12.4 Å². The molecule has 0 bridgehead atoms. The fourth-order valence-electron chi connectivity index (χ4n) is 4.93. The summed E-state index contributed by atoms with van der Waals surface area (Å²) < 4.78 is 5.60. The van der Waals surface area contributed by atoms with Crippen molar-refractivity contribution in [2.24, 2.45) is 5.73 Å². The Labute approximate surface area is 205 Å². The van der Waals surface area contributed by atoms with Gasteiger partial charge >= 0.3 is 0 Å². The first-order chi connectivity index (χ1) is 17.0. The molecule has 0 radical (unpaired) electrons. The summed E-state index contributed by atoms with van der Waals surface area (Å²) in [5.41, 5.74) is 10.8. The van der Waals surface area contributed by atoms with E-state index in [2.05, 4.69) is 33.2 Å². The van der Waals surface area contributed by atoms with E-state index >= 15 is 0 Å². The summed E-state index contributed by atoms with van der Waals surface area (Å²) in [5.74, 6) is 0.689. The Hall–Kier alpha value is -3.65. The maximum atomic E-state index is 12.5. The SMILES string of the molecule is CCN(c1cc(/C(C=N)=C/N)cc2c(NCc3c(C)cc(C)[nH]c3=O)nccc12)C1CCOCC1. The van der Waals surface area contributed by atoms with Crippen LogP contribution in [-0.4, -0.2) is 42.0 Å². The highest BCUT2D eigenvalue weighted by atomic mass is 16.5. The van der Waals surface area contributed by atoms with E-state index in [1.807, 2.05) is 32.0 Å². The highest BCUT2D eigenvalue weighted by molar-refractivity contribution is 6.12. The number of hydrogen-bond acceptors (Lipinski definition) is 7. The number of aromatic nitrogens is 2. The summed E-state index contributed by atoms with van der Waals surface area (Å²) in [6, 6.07) is 8.50. The quantitative estimate of drug-likeness (QED) is 0.365. The summed E-state index contributed by atoms with van der Waals surface area (Å²) >= 11 is 0. The van der Waals surface area contributed by atoms with Gasteiger partial charge < -0.3 is 31.1 Å². The van der Waals surface area contributed by atoms with Crippen LogP contribution in [0.1, 0.15) is 42.1 Å². The lowest BCUT2D eigenvalue weighted by atomic mass is 9.98. The van der Waals surface area contributed by atoms with Gasteiger partial charge in [0.2, 0.25) is 0 Å². The van der Waals surface area contributed by atoms with Gasteiger partial charge in [0.05, 0.1) is 0 Å². The third kappa shape index (κ3) is 5.07. The lowest BCUT2D eigenvalue weighted by Gasteiger charge is -2.36. The number of rotatable bonds is 8. The number of nitrogens with two attached hydrogens (primary N) is 1. The number of aromatic amines is 1. The molecule has 2 aromatic heterocycles. The van der Waals surface area contributed by atoms with Crippen LogP contribution in [0.4, 0.5) is 11.5 Å². The van der Waals surface area contributed by atoms with Crippen LogP contribution < -0.4 is 21.5 Å². The molecule has 5 N–H and O–H groups in total. The Kier molecular flexibility index (Phi) is 7.51. The van der Waals surface area contributed by atoms with Crippen LogP contribution in [0.15, 0.2) is 41.5 Å². The highest BCUT2D eigenvalue weighted by Gasteiger charge is 2.23. The Morgan fingerprint density at radius 1 is 1.29 bits per heavy atom. The van der Waals surface area contributed by atoms with E-state index in [0.717, 1.165) is 65.9 Å². The van der Waals surface area contributed by atoms with Gasteiger partial charge in [-0.05, 0) is 69.0 Å². The van der Waals surface area contributed by atoms with Crippen molar-refractivity contribution in [1.82, 2.24) is 9.97 Å². The first-order valence-corrected chi connectivity index (χ1v) is 12.1. The van der Waals surface area contributed by atoms with Crippen LogP contribution in [0.25, 0.3) is 16.3 Å². The van der Waals surface area contributed by atoms with E-state index < -0.39 is 0 Å². The Balaban J connectivity index is 1.82. The molecule has 0 atom stereocenters. The highest BCUT2D eigenvalue weighted by Crippen LogP contribution is 2.36. The Morgan fingerprint density at radius 2 is 2.06 bits per heavy atom. The zero-order chi connectivity index (χ0) is 24.9. The van der Waals surface area contributed by atoms with Crippen molar-refractivity contribution in [3.8, 4) is 0 Å². The maximum Gasteiger partial charge on any atom is 0.253 e.